The van der Waals surface area contributed by atoms with E-state index >= 15 is 0 Å². The van der Waals surface area contributed by atoms with E-state index in [1.165, 1.54) is 6.07 Å². The minimum Gasteiger partial charge on any atom is -0.338 e. The van der Waals surface area contributed by atoms with Crippen LogP contribution >= 0.6 is 15.9 Å². The first-order valence-corrected chi connectivity index (χ1v) is 5.93. The molecule has 0 saturated carbocycles. The molecule has 0 aliphatic carbocycles. The number of hydrogen-bond acceptors (Lipinski definition) is 2. The van der Waals surface area contributed by atoms with Crippen molar-refractivity contribution in [1.82, 2.24) is 9.55 Å². The highest BCUT2D eigenvalue weighted by atomic mass is 79.9. The molecule has 6 heteroatoms. The first-order valence-electron chi connectivity index (χ1n) is 5.13. The Labute approximate surface area is 111 Å². The van der Waals surface area contributed by atoms with Crippen LogP contribution in [0.25, 0.3) is 0 Å². The zero-order valence-electron chi connectivity index (χ0n) is 9.45. The fourth-order valence-electron chi connectivity index (χ4n) is 1.55. The highest BCUT2D eigenvalue weighted by Gasteiger charge is 2.18. The zero-order chi connectivity index (χ0) is 13.3. The highest BCUT2D eigenvalue weighted by molar-refractivity contribution is 9.10. The maximum Gasteiger partial charge on any atom is 0.173 e. The first kappa shape index (κ1) is 12.9. The molecule has 18 heavy (non-hydrogen) atoms. The van der Waals surface area contributed by atoms with Gasteiger partial charge in [-0.15, -0.1) is 0 Å². The molecule has 94 valence electrons. The van der Waals surface area contributed by atoms with E-state index in [1.54, 1.807) is 24.0 Å². The Morgan fingerprint density at radius 3 is 2.78 bits per heavy atom. The van der Waals surface area contributed by atoms with Crippen LogP contribution in [0, 0.1) is 11.6 Å². The molecule has 1 aromatic carbocycles. The molecule has 1 heterocycles. The number of nitrogens with zero attached hydrogens (tertiary/aromatic N) is 2. The number of imidazole rings is 1. The average Bonchev–Trinajstić information content (AvgIpc) is 2.72. The van der Waals surface area contributed by atoms with Crippen molar-refractivity contribution in [2.75, 3.05) is 0 Å². The average molecular weight is 315 g/mol. The van der Waals surface area contributed by atoms with Gasteiger partial charge < -0.3 is 4.57 Å². The normalized spacial score (nSPS) is 10.7. The topological polar surface area (TPSA) is 34.9 Å². The standard InChI is InChI=1S/C12H9BrF2N2O/c1-17-5-4-16-10(17)6-9(18)7-2-3-8(14)12(15)11(7)13/h2-5H,6H2,1H3. The second-order valence-electron chi connectivity index (χ2n) is 3.78. The molecule has 0 N–H and O–H groups in total. The van der Waals surface area contributed by atoms with Gasteiger partial charge in [0, 0.05) is 25.0 Å². The van der Waals surface area contributed by atoms with Gasteiger partial charge in [0.1, 0.15) is 5.82 Å². The van der Waals surface area contributed by atoms with Gasteiger partial charge in [-0.2, -0.15) is 0 Å². The number of halogens is 3. The molecule has 0 spiro atoms. The second kappa shape index (κ2) is 4.97. The summed E-state index contributed by atoms with van der Waals surface area (Å²) in [6.45, 7) is 0. The monoisotopic (exact) mass is 314 g/mol. The molecule has 0 unspecified atom stereocenters. The van der Waals surface area contributed by atoms with Gasteiger partial charge in [0.15, 0.2) is 17.4 Å². The Balaban J connectivity index is 2.30. The van der Waals surface area contributed by atoms with Crippen LogP contribution in [0.2, 0.25) is 0 Å². The van der Waals surface area contributed by atoms with Crippen LogP contribution in [-0.2, 0) is 13.5 Å². The Morgan fingerprint density at radius 2 is 2.17 bits per heavy atom. The largest absolute Gasteiger partial charge is 0.338 e. The molecule has 3 nitrogen and oxygen atoms in total. The van der Waals surface area contributed by atoms with Crippen molar-refractivity contribution in [3.63, 3.8) is 0 Å². The molecule has 0 aliphatic heterocycles. The Morgan fingerprint density at radius 1 is 1.44 bits per heavy atom. The number of aryl methyl sites for hydroxylation is 1. The van der Waals surface area contributed by atoms with E-state index in [-0.39, 0.29) is 22.2 Å². The number of aromatic nitrogens is 2. The van der Waals surface area contributed by atoms with Crippen molar-refractivity contribution in [2.24, 2.45) is 7.05 Å². The maximum atomic E-state index is 13.3. The zero-order valence-corrected chi connectivity index (χ0v) is 11.0. The first-order chi connectivity index (χ1) is 8.50. The van der Waals surface area contributed by atoms with Crippen molar-refractivity contribution in [1.29, 1.82) is 0 Å². The van der Waals surface area contributed by atoms with Gasteiger partial charge in [-0.25, -0.2) is 13.8 Å². The van der Waals surface area contributed by atoms with Crippen molar-refractivity contribution in [3.8, 4) is 0 Å². The van der Waals surface area contributed by atoms with Gasteiger partial charge in [-0.05, 0) is 28.1 Å². The third-order valence-electron chi connectivity index (χ3n) is 2.58. The van der Waals surface area contributed by atoms with Crippen molar-refractivity contribution < 1.29 is 13.6 Å². The molecule has 0 fully saturated rings. The number of hydrogen-bond donors (Lipinski definition) is 0. The maximum absolute atomic E-state index is 13.3. The minimum atomic E-state index is -1.05. The van der Waals surface area contributed by atoms with E-state index in [9.17, 15) is 13.6 Å². The summed E-state index contributed by atoms with van der Waals surface area (Å²) < 4.78 is 27.8. The second-order valence-corrected chi connectivity index (χ2v) is 4.57. The summed E-state index contributed by atoms with van der Waals surface area (Å²) >= 11 is 2.89. The van der Waals surface area contributed by atoms with Gasteiger partial charge in [-0.3, -0.25) is 4.79 Å². The Bertz CT molecular complexity index is 610. The van der Waals surface area contributed by atoms with Gasteiger partial charge in [0.05, 0.1) is 10.9 Å². The molecule has 0 bridgehead atoms. The summed E-state index contributed by atoms with van der Waals surface area (Å²) in [5, 5.41) is 0. The van der Waals surface area contributed by atoms with Crippen molar-refractivity contribution in [2.45, 2.75) is 6.42 Å². The van der Waals surface area contributed by atoms with Crippen LogP contribution in [-0.4, -0.2) is 15.3 Å². The number of ketones is 1. The Kier molecular flexibility index (Phi) is 3.56. The van der Waals surface area contributed by atoms with E-state index in [0.717, 1.165) is 6.07 Å². The number of benzene rings is 1. The van der Waals surface area contributed by atoms with E-state index in [0.29, 0.717) is 5.82 Å². The predicted octanol–water partition coefficient (Wildman–Crippen LogP) is 2.89. The fourth-order valence-corrected chi connectivity index (χ4v) is 2.09. The van der Waals surface area contributed by atoms with Crippen LogP contribution in [0.15, 0.2) is 29.0 Å². The molecular weight excluding hydrogens is 306 g/mol. The van der Waals surface area contributed by atoms with Crippen LogP contribution in [0.3, 0.4) is 0 Å². The third kappa shape index (κ3) is 2.33. The smallest absolute Gasteiger partial charge is 0.173 e. The van der Waals surface area contributed by atoms with E-state index in [4.69, 9.17) is 0 Å². The van der Waals surface area contributed by atoms with Crippen LogP contribution < -0.4 is 0 Å². The third-order valence-corrected chi connectivity index (χ3v) is 3.35. The van der Waals surface area contributed by atoms with E-state index in [2.05, 4.69) is 20.9 Å². The lowest BCUT2D eigenvalue weighted by Gasteiger charge is -2.05. The van der Waals surface area contributed by atoms with Crippen molar-refractivity contribution in [3.05, 3.63) is 52.0 Å². The number of carbonyl (C=O) groups excluding carboxylic acids is 1. The lowest BCUT2D eigenvalue weighted by Crippen LogP contribution is -2.10. The Hall–Kier alpha value is -1.56. The van der Waals surface area contributed by atoms with Gasteiger partial charge >= 0.3 is 0 Å². The molecule has 2 aromatic rings. The molecule has 0 atom stereocenters. The summed E-state index contributed by atoms with van der Waals surface area (Å²) in [4.78, 5) is 16.0. The molecule has 2 rings (SSSR count). The summed E-state index contributed by atoms with van der Waals surface area (Å²) in [5.41, 5.74) is 0.108. The summed E-state index contributed by atoms with van der Waals surface area (Å²) in [5.74, 6) is -1.80. The van der Waals surface area contributed by atoms with Gasteiger partial charge in [-0.1, -0.05) is 0 Å². The lowest BCUT2D eigenvalue weighted by molar-refractivity contribution is 0.0988. The SMILES string of the molecule is Cn1ccnc1CC(=O)c1ccc(F)c(F)c1Br. The van der Waals surface area contributed by atoms with Crippen molar-refractivity contribution >= 4 is 21.7 Å². The predicted molar refractivity (Wildman–Crippen MR) is 65.3 cm³/mol. The molecule has 1 aromatic heterocycles. The number of rotatable bonds is 3. The van der Waals surface area contributed by atoms with Crippen LogP contribution in [0.1, 0.15) is 16.2 Å². The van der Waals surface area contributed by atoms with Gasteiger partial charge in [0.25, 0.3) is 0 Å². The summed E-state index contributed by atoms with van der Waals surface area (Å²) in [7, 11) is 1.76. The molecule has 0 radical (unpaired) electrons. The lowest BCUT2D eigenvalue weighted by atomic mass is 10.1. The molecule has 0 saturated heterocycles. The highest BCUT2D eigenvalue weighted by Crippen LogP contribution is 2.24. The van der Waals surface area contributed by atoms with E-state index < -0.39 is 11.6 Å². The minimum absolute atomic E-state index is 0.0349. The molecule has 0 amide bonds. The summed E-state index contributed by atoms with van der Waals surface area (Å²) in [6, 6.07) is 2.19. The summed E-state index contributed by atoms with van der Waals surface area (Å²) in [6.07, 6.45) is 3.32. The van der Waals surface area contributed by atoms with Crippen LogP contribution in [0.4, 0.5) is 8.78 Å². The number of Topliss-reactive ketones (excluding diaryl/α,β-unsaturated/α-hetero) is 1. The number of carbonyl (C=O) groups is 1. The van der Waals surface area contributed by atoms with E-state index in [1.807, 2.05) is 0 Å². The fraction of sp³-hybridized carbons (Fsp3) is 0.167. The molecule has 0 aliphatic rings. The van der Waals surface area contributed by atoms with Crippen LogP contribution in [0.5, 0.6) is 0 Å². The molecular formula is C12H9BrF2N2O. The quantitative estimate of drug-likeness (QED) is 0.645. The van der Waals surface area contributed by atoms with Gasteiger partial charge in [0.2, 0.25) is 0 Å².